The fourth-order valence-electron chi connectivity index (χ4n) is 3.79. The van der Waals surface area contributed by atoms with E-state index in [-0.39, 0.29) is 23.4 Å². The number of carbonyl (C=O) groups excluding carboxylic acids is 1. The van der Waals surface area contributed by atoms with Gasteiger partial charge in [0.15, 0.2) is 0 Å². The number of nitrogens with zero attached hydrogens (tertiary/aromatic N) is 1. The van der Waals surface area contributed by atoms with Crippen LogP contribution in [0.1, 0.15) is 48.8 Å². The molecule has 0 radical (unpaired) electrons. The molecule has 0 saturated heterocycles. The summed E-state index contributed by atoms with van der Waals surface area (Å²) in [5.74, 6) is -0.311. The maximum Gasteiger partial charge on any atom is 0.243 e. The van der Waals surface area contributed by atoms with Crippen molar-refractivity contribution in [3.05, 3.63) is 59.2 Å². The van der Waals surface area contributed by atoms with Crippen LogP contribution < -0.4 is 5.32 Å². The van der Waals surface area contributed by atoms with Crippen molar-refractivity contribution in [3.63, 3.8) is 0 Å². The molecule has 1 N–H and O–H groups in total. The van der Waals surface area contributed by atoms with E-state index in [9.17, 15) is 13.2 Å². The Morgan fingerprint density at radius 1 is 0.966 bits per heavy atom. The van der Waals surface area contributed by atoms with E-state index < -0.39 is 10.0 Å². The molecular weight excluding hydrogens is 384 g/mol. The van der Waals surface area contributed by atoms with Gasteiger partial charge in [-0.2, -0.15) is 4.31 Å². The van der Waals surface area contributed by atoms with E-state index in [1.54, 1.807) is 24.3 Å². The largest absolute Gasteiger partial charge is 0.325 e. The van der Waals surface area contributed by atoms with Crippen LogP contribution in [0.2, 0.25) is 0 Å². The summed E-state index contributed by atoms with van der Waals surface area (Å²) in [7, 11) is -3.75. The predicted molar refractivity (Wildman–Crippen MR) is 116 cm³/mol. The zero-order valence-electron chi connectivity index (χ0n) is 17.4. The summed E-state index contributed by atoms with van der Waals surface area (Å²) >= 11 is 0. The van der Waals surface area contributed by atoms with Gasteiger partial charge in [-0.05, 0) is 69.0 Å². The molecular formula is C23H30N2O3S. The van der Waals surface area contributed by atoms with Gasteiger partial charge in [-0.3, -0.25) is 4.79 Å². The molecule has 1 aliphatic rings. The molecule has 0 unspecified atom stereocenters. The fourth-order valence-corrected chi connectivity index (χ4v) is 5.43. The molecule has 0 atom stereocenters. The van der Waals surface area contributed by atoms with Gasteiger partial charge in [0.1, 0.15) is 0 Å². The van der Waals surface area contributed by atoms with Crippen molar-refractivity contribution in [2.75, 3.05) is 11.9 Å². The third kappa shape index (κ3) is 5.25. The van der Waals surface area contributed by atoms with E-state index in [0.717, 1.165) is 48.8 Å². The average molecular weight is 415 g/mol. The lowest BCUT2D eigenvalue weighted by molar-refractivity contribution is -0.116. The number of carbonyl (C=O) groups is 1. The molecule has 0 heterocycles. The molecule has 1 aliphatic carbocycles. The van der Waals surface area contributed by atoms with Gasteiger partial charge in [-0.1, -0.05) is 43.0 Å². The van der Waals surface area contributed by atoms with E-state index in [4.69, 9.17) is 0 Å². The minimum absolute atomic E-state index is 0.138. The Labute approximate surface area is 174 Å². The Kier molecular flexibility index (Phi) is 6.75. The number of sulfonamides is 1. The van der Waals surface area contributed by atoms with Crippen LogP contribution in [-0.2, 0) is 14.8 Å². The van der Waals surface area contributed by atoms with Gasteiger partial charge in [0.05, 0.1) is 11.4 Å². The second kappa shape index (κ2) is 9.09. The molecule has 0 bridgehead atoms. The van der Waals surface area contributed by atoms with Crippen LogP contribution in [0.5, 0.6) is 0 Å². The molecule has 0 aromatic heterocycles. The number of hydrogen-bond donors (Lipinski definition) is 1. The molecule has 0 spiro atoms. The first-order valence-corrected chi connectivity index (χ1v) is 11.7. The highest BCUT2D eigenvalue weighted by Gasteiger charge is 2.33. The summed E-state index contributed by atoms with van der Waals surface area (Å²) in [5, 5.41) is 2.87. The molecule has 6 heteroatoms. The summed E-state index contributed by atoms with van der Waals surface area (Å²) in [4.78, 5) is 13.0. The van der Waals surface area contributed by atoms with Gasteiger partial charge in [0.25, 0.3) is 0 Å². The first-order valence-electron chi connectivity index (χ1n) is 10.2. The Morgan fingerprint density at radius 3 is 2.24 bits per heavy atom. The maximum atomic E-state index is 13.4. The van der Waals surface area contributed by atoms with Crippen molar-refractivity contribution in [1.29, 1.82) is 0 Å². The van der Waals surface area contributed by atoms with Gasteiger partial charge >= 0.3 is 0 Å². The summed E-state index contributed by atoms with van der Waals surface area (Å²) in [6, 6.07) is 12.4. The molecule has 1 saturated carbocycles. The zero-order valence-corrected chi connectivity index (χ0v) is 18.3. The van der Waals surface area contributed by atoms with Crippen LogP contribution in [0.25, 0.3) is 0 Å². The summed E-state index contributed by atoms with van der Waals surface area (Å²) in [6.45, 7) is 5.75. The van der Waals surface area contributed by atoms with Crippen molar-refractivity contribution in [3.8, 4) is 0 Å². The Hall–Kier alpha value is -2.18. The van der Waals surface area contributed by atoms with Crippen molar-refractivity contribution >= 4 is 21.6 Å². The standard InChI is InChI=1S/C23H30N2O3S/c1-17-9-13-22(14-10-17)29(27,28)25(21-7-5-4-6-8-21)16-23(26)24-20-12-11-18(2)19(3)15-20/h9-15,21H,4-8,16H2,1-3H3,(H,24,26). The highest BCUT2D eigenvalue weighted by atomic mass is 32.2. The van der Waals surface area contributed by atoms with Crippen LogP contribution in [0.15, 0.2) is 47.4 Å². The molecule has 2 aromatic carbocycles. The number of anilines is 1. The van der Waals surface area contributed by atoms with E-state index in [2.05, 4.69) is 5.32 Å². The molecule has 29 heavy (non-hydrogen) atoms. The number of amides is 1. The Bertz CT molecular complexity index is 962. The molecule has 0 aliphatic heterocycles. The van der Waals surface area contributed by atoms with Crippen molar-refractivity contribution in [2.45, 2.75) is 63.8 Å². The van der Waals surface area contributed by atoms with Crippen LogP contribution >= 0.6 is 0 Å². The van der Waals surface area contributed by atoms with Crippen LogP contribution in [0.4, 0.5) is 5.69 Å². The maximum absolute atomic E-state index is 13.4. The quantitative estimate of drug-likeness (QED) is 0.753. The second-order valence-corrected chi connectivity index (χ2v) is 9.89. The van der Waals surface area contributed by atoms with Gasteiger partial charge in [-0.15, -0.1) is 0 Å². The first kappa shape index (κ1) is 21.5. The molecule has 156 valence electrons. The van der Waals surface area contributed by atoms with Gasteiger partial charge in [0.2, 0.25) is 15.9 Å². The van der Waals surface area contributed by atoms with Crippen LogP contribution in [0, 0.1) is 20.8 Å². The van der Waals surface area contributed by atoms with Crippen LogP contribution in [0.3, 0.4) is 0 Å². The highest BCUT2D eigenvalue weighted by molar-refractivity contribution is 7.89. The lowest BCUT2D eigenvalue weighted by Crippen LogP contribution is -2.45. The number of hydrogen-bond acceptors (Lipinski definition) is 3. The van der Waals surface area contributed by atoms with Gasteiger partial charge in [0, 0.05) is 11.7 Å². The van der Waals surface area contributed by atoms with E-state index in [1.165, 1.54) is 4.31 Å². The lowest BCUT2D eigenvalue weighted by Gasteiger charge is -2.33. The second-order valence-electron chi connectivity index (χ2n) is 8.00. The monoisotopic (exact) mass is 414 g/mol. The van der Waals surface area contributed by atoms with Gasteiger partial charge < -0.3 is 5.32 Å². The molecule has 1 amide bonds. The summed E-state index contributed by atoms with van der Waals surface area (Å²) in [5.41, 5.74) is 3.92. The summed E-state index contributed by atoms with van der Waals surface area (Å²) in [6.07, 6.45) is 4.68. The number of rotatable bonds is 6. The minimum Gasteiger partial charge on any atom is -0.325 e. The third-order valence-electron chi connectivity index (χ3n) is 5.70. The predicted octanol–water partition coefficient (Wildman–Crippen LogP) is 4.57. The van der Waals surface area contributed by atoms with Crippen molar-refractivity contribution in [2.24, 2.45) is 0 Å². The number of aryl methyl sites for hydroxylation is 3. The Balaban J connectivity index is 1.84. The number of nitrogens with one attached hydrogen (secondary N) is 1. The fraction of sp³-hybridized carbons (Fsp3) is 0.435. The minimum atomic E-state index is -3.75. The zero-order chi connectivity index (χ0) is 21.0. The van der Waals surface area contributed by atoms with Crippen molar-refractivity contribution in [1.82, 2.24) is 4.31 Å². The van der Waals surface area contributed by atoms with Gasteiger partial charge in [-0.25, -0.2) is 8.42 Å². The van der Waals surface area contributed by atoms with E-state index in [1.807, 2.05) is 39.0 Å². The average Bonchev–Trinajstić information content (AvgIpc) is 2.70. The molecule has 1 fully saturated rings. The first-order chi connectivity index (χ1) is 13.8. The third-order valence-corrected chi connectivity index (χ3v) is 7.61. The molecule has 2 aromatic rings. The summed E-state index contributed by atoms with van der Waals surface area (Å²) < 4.78 is 28.2. The van der Waals surface area contributed by atoms with E-state index in [0.29, 0.717) is 5.69 Å². The van der Waals surface area contributed by atoms with Crippen LogP contribution in [-0.4, -0.2) is 31.2 Å². The smallest absolute Gasteiger partial charge is 0.243 e. The molecule has 5 nitrogen and oxygen atoms in total. The molecule has 3 rings (SSSR count). The normalized spacial score (nSPS) is 15.4. The lowest BCUT2D eigenvalue weighted by atomic mass is 9.95. The topological polar surface area (TPSA) is 66.5 Å². The van der Waals surface area contributed by atoms with Crippen molar-refractivity contribution < 1.29 is 13.2 Å². The number of benzene rings is 2. The highest BCUT2D eigenvalue weighted by Crippen LogP contribution is 2.28. The van der Waals surface area contributed by atoms with E-state index >= 15 is 0 Å². The SMILES string of the molecule is Cc1ccc(S(=O)(=O)N(CC(=O)Nc2ccc(C)c(C)c2)C2CCCCC2)cc1. The Morgan fingerprint density at radius 2 is 1.62 bits per heavy atom.